The van der Waals surface area contributed by atoms with Gasteiger partial charge < -0.3 is 9.64 Å². The van der Waals surface area contributed by atoms with Gasteiger partial charge in [-0.25, -0.2) is 4.79 Å². The van der Waals surface area contributed by atoms with Gasteiger partial charge in [-0.3, -0.25) is 4.18 Å². The molecule has 0 saturated carbocycles. The average molecular weight is 391 g/mol. The van der Waals surface area contributed by atoms with Crippen LogP contribution in [-0.4, -0.2) is 39.6 Å². The van der Waals surface area contributed by atoms with Crippen LogP contribution < -0.4 is 0 Å². The molecule has 0 aliphatic carbocycles. The number of rotatable bonds is 9. The van der Waals surface area contributed by atoms with Gasteiger partial charge in [-0.1, -0.05) is 48.0 Å². The number of nitrogens with zero attached hydrogens (tertiary/aromatic N) is 1. The lowest BCUT2D eigenvalue weighted by Gasteiger charge is -2.17. The van der Waals surface area contributed by atoms with E-state index in [0.717, 1.165) is 11.1 Å². The number of aryl methyl sites for hydroxylation is 1. The van der Waals surface area contributed by atoms with Gasteiger partial charge in [-0.15, -0.1) is 0 Å². The Balaban J connectivity index is 1.65. The van der Waals surface area contributed by atoms with Crippen molar-refractivity contribution < 1.29 is 22.1 Å². The van der Waals surface area contributed by atoms with Gasteiger partial charge in [-0.2, -0.15) is 8.42 Å². The summed E-state index contributed by atoms with van der Waals surface area (Å²) < 4.78 is 34.4. The zero-order valence-electron chi connectivity index (χ0n) is 15.6. The number of hydrogen-bond donors (Lipinski definition) is 0. The molecule has 0 spiro atoms. The maximum atomic E-state index is 12.1. The standard InChI is InChI=1S/C20H25NO5S/c1-17-10-12-19(13-11-17)27(23,24)26-15-7-6-14-21(2)20(22)25-16-18-8-4-3-5-9-18/h3-5,8-13H,6-7,14-16H2,1-2H3. The first kappa shape index (κ1) is 20.9. The second-order valence-corrected chi connectivity index (χ2v) is 7.87. The third-order valence-electron chi connectivity index (χ3n) is 3.95. The van der Waals surface area contributed by atoms with Crippen molar-refractivity contribution in [1.82, 2.24) is 4.90 Å². The highest BCUT2D eigenvalue weighted by molar-refractivity contribution is 7.86. The number of amides is 1. The minimum absolute atomic E-state index is 0.0725. The molecule has 0 radical (unpaired) electrons. The van der Waals surface area contributed by atoms with Crippen molar-refractivity contribution in [2.75, 3.05) is 20.2 Å². The quantitative estimate of drug-likeness (QED) is 0.481. The summed E-state index contributed by atoms with van der Waals surface area (Å²) in [7, 11) is -2.09. The maximum Gasteiger partial charge on any atom is 0.409 e. The van der Waals surface area contributed by atoms with Crippen molar-refractivity contribution in [2.24, 2.45) is 0 Å². The minimum Gasteiger partial charge on any atom is -0.445 e. The van der Waals surface area contributed by atoms with Gasteiger partial charge in [0, 0.05) is 13.6 Å². The van der Waals surface area contributed by atoms with Crippen molar-refractivity contribution in [3.63, 3.8) is 0 Å². The second kappa shape index (κ2) is 10.1. The number of unbranched alkanes of at least 4 members (excludes halogenated alkanes) is 1. The Kier molecular flexibility index (Phi) is 7.82. The van der Waals surface area contributed by atoms with E-state index in [2.05, 4.69) is 0 Å². The first-order chi connectivity index (χ1) is 12.9. The van der Waals surface area contributed by atoms with Crippen LogP contribution in [-0.2, 0) is 25.6 Å². The topological polar surface area (TPSA) is 72.9 Å². The summed E-state index contributed by atoms with van der Waals surface area (Å²) in [6.07, 6.45) is 0.717. The van der Waals surface area contributed by atoms with Crippen LogP contribution >= 0.6 is 0 Å². The highest BCUT2D eigenvalue weighted by Crippen LogP contribution is 2.13. The minimum atomic E-state index is -3.74. The Morgan fingerprint density at radius 3 is 2.33 bits per heavy atom. The van der Waals surface area contributed by atoms with Gasteiger partial charge >= 0.3 is 6.09 Å². The largest absolute Gasteiger partial charge is 0.445 e. The molecule has 0 aliphatic heterocycles. The van der Waals surface area contributed by atoms with Crippen LogP contribution in [0.25, 0.3) is 0 Å². The average Bonchev–Trinajstić information content (AvgIpc) is 2.66. The van der Waals surface area contributed by atoms with Crippen LogP contribution in [0.3, 0.4) is 0 Å². The fourth-order valence-electron chi connectivity index (χ4n) is 2.31. The molecule has 0 bridgehead atoms. The molecule has 27 heavy (non-hydrogen) atoms. The Hall–Kier alpha value is -2.38. The van der Waals surface area contributed by atoms with Crippen LogP contribution in [0.1, 0.15) is 24.0 Å². The molecule has 0 heterocycles. The SMILES string of the molecule is Cc1ccc(S(=O)(=O)OCCCCN(C)C(=O)OCc2ccccc2)cc1. The zero-order chi connectivity index (χ0) is 19.7. The fraction of sp³-hybridized carbons (Fsp3) is 0.350. The number of carbonyl (C=O) groups excluding carboxylic acids is 1. The van der Waals surface area contributed by atoms with Crippen LogP contribution in [0, 0.1) is 6.92 Å². The van der Waals surface area contributed by atoms with Crippen molar-refractivity contribution in [3.05, 3.63) is 65.7 Å². The summed E-state index contributed by atoms with van der Waals surface area (Å²) in [5.41, 5.74) is 1.91. The summed E-state index contributed by atoms with van der Waals surface area (Å²) in [4.78, 5) is 13.5. The summed E-state index contributed by atoms with van der Waals surface area (Å²) >= 11 is 0. The Morgan fingerprint density at radius 1 is 1.00 bits per heavy atom. The van der Waals surface area contributed by atoms with Crippen molar-refractivity contribution in [2.45, 2.75) is 31.3 Å². The van der Waals surface area contributed by atoms with Crippen LogP contribution in [0.2, 0.25) is 0 Å². The molecule has 7 heteroatoms. The smallest absolute Gasteiger partial charge is 0.409 e. The summed E-state index contributed by atoms with van der Waals surface area (Å²) in [5.74, 6) is 0. The molecule has 2 aromatic carbocycles. The molecular weight excluding hydrogens is 366 g/mol. The Bertz CT molecular complexity index is 819. The molecular formula is C20H25NO5S. The molecule has 2 rings (SSSR count). The molecule has 0 fully saturated rings. The van der Waals surface area contributed by atoms with Gasteiger partial charge in [0.15, 0.2) is 0 Å². The molecule has 1 amide bonds. The Labute approximate surface area is 160 Å². The van der Waals surface area contributed by atoms with Gasteiger partial charge in [-0.05, 0) is 37.5 Å². The van der Waals surface area contributed by atoms with E-state index in [4.69, 9.17) is 8.92 Å². The fourth-order valence-corrected chi connectivity index (χ4v) is 3.26. The number of benzene rings is 2. The highest BCUT2D eigenvalue weighted by atomic mass is 32.2. The molecule has 0 unspecified atom stereocenters. The third kappa shape index (κ3) is 7.03. The molecule has 0 N–H and O–H groups in total. The maximum absolute atomic E-state index is 12.1. The normalized spacial score (nSPS) is 11.2. The van der Waals surface area contributed by atoms with E-state index in [9.17, 15) is 13.2 Å². The molecule has 146 valence electrons. The van der Waals surface area contributed by atoms with E-state index in [-0.39, 0.29) is 18.1 Å². The van der Waals surface area contributed by atoms with Gasteiger partial charge in [0.25, 0.3) is 10.1 Å². The first-order valence-electron chi connectivity index (χ1n) is 8.76. The molecule has 0 atom stereocenters. The monoisotopic (exact) mass is 391 g/mol. The number of carbonyl (C=O) groups is 1. The Morgan fingerprint density at radius 2 is 1.67 bits per heavy atom. The lowest BCUT2D eigenvalue weighted by atomic mass is 10.2. The summed E-state index contributed by atoms with van der Waals surface area (Å²) in [5, 5.41) is 0. The molecule has 0 aromatic heterocycles. The molecule has 2 aromatic rings. The second-order valence-electron chi connectivity index (χ2n) is 6.26. The van der Waals surface area contributed by atoms with E-state index in [1.807, 2.05) is 37.3 Å². The highest BCUT2D eigenvalue weighted by Gasteiger charge is 2.15. The van der Waals surface area contributed by atoms with Crippen molar-refractivity contribution in [3.8, 4) is 0 Å². The zero-order valence-corrected chi connectivity index (χ0v) is 16.4. The van der Waals surface area contributed by atoms with Gasteiger partial charge in [0.2, 0.25) is 0 Å². The van der Waals surface area contributed by atoms with Crippen molar-refractivity contribution in [1.29, 1.82) is 0 Å². The number of hydrogen-bond acceptors (Lipinski definition) is 5. The van der Waals surface area contributed by atoms with Crippen molar-refractivity contribution >= 4 is 16.2 Å². The third-order valence-corrected chi connectivity index (χ3v) is 5.28. The number of ether oxygens (including phenoxy) is 1. The van der Waals surface area contributed by atoms with Crippen LogP contribution in [0.15, 0.2) is 59.5 Å². The van der Waals surface area contributed by atoms with E-state index in [1.165, 1.54) is 17.0 Å². The molecule has 6 nitrogen and oxygen atoms in total. The first-order valence-corrected chi connectivity index (χ1v) is 10.2. The summed E-state index contributed by atoms with van der Waals surface area (Å²) in [6.45, 7) is 2.64. The van der Waals surface area contributed by atoms with E-state index in [1.54, 1.807) is 19.2 Å². The summed E-state index contributed by atoms with van der Waals surface area (Å²) in [6, 6.07) is 16.0. The molecule has 0 aliphatic rings. The van der Waals surface area contributed by atoms with E-state index >= 15 is 0 Å². The van der Waals surface area contributed by atoms with E-state index in [0.29, 0.717) is 19.4 Å². The molecule has 0 saturated heterocycles. The predicted molar refractivity (Wildman–Crippen MR) is 103 cm³/mol. The predicted octanol–water partition coefficient (Wildman–Crippen LogP) is 3.75. The van der Waals surface area contributed by atoms with Crippen LogP contribution in [0.5, 0.6) is 0 Å². The van der Waals surface area contributed by atoms with E-state index < -0.39 is 16.2 Å². The lowest BCUT2D eigenvalue weighted by Crippen LogP contribution is -2.28. The lowest BCUT2D eigenvalue weighted by molar-refractivity contribution is 0.104. The van der Waals surface area contributed by atoms with Gasteiger partial charge in [0.1, 0.15) is 6.61 Å². The van der Waals surface area contributed by atoms with Crippen LogP contribution in [0.4, 0.5) is 4.79 Å². The van der Waals surface area contributed by atoms with Gasteiger partial charge in [0.05, 0.1) is 11.5 Å².